The van der Waals surface area contributed by atoms with Crippen LogP contribution in [-0.4, -0.2) is 38.4 Å². The summed E-state index contributed by atoms with van der Waals surface area (Å²) < 4.78 is 24.9. The number of rotatable bonds is 7. The molecule has 0 saturated carbocycles. The van der Waals surface area contributed by atoms with Crippen LogP contribution in [0.5, 0.6) is 0 Å². The van der Waals surface area contributed by atoms with Crippen LogP contribution in [-0.2, 0) is 30.0 Å². The Bertz CT molecular complexity index is 666. The van der Waals surface area contributed by atoms with Gasteiger partial charge in [-0.05, 0) is 45.7 Å². The van der Waals surface area contributed by atoms with Crippen molar-refractivity contribution in [2.75, 3.05) is 13.2 Å². The van der Waals surface area contributed by atoms with Crippen LogP contribution in [0.15, 0.2) is 24.3 Å². The number of carbonyl (C=O) groups excluding carboxylic acids is 2. The third-order valence-corrected chi connectivity index (χ3v) is 6.31. The maximum absolute atomic E-state index is 13.4. The summed E-state index contributed by atoms with van der Waals surface area (Å²) in [5.41, 5.74) is 1.83. The number of hydrogen-bond acceptors (Lipinski definition) is 5. The number of nitrogens with zero attached hydrogens (tertiary/aromatic N) is 1. The predicted octanol–water partition coefficient (Wildman–Crippen LogP) is 3.45. The number of esters is 2. The molecule has 0 N–H and O–H groups in total. The molecule has 1 aromatic carbocycles. The topological polar surface area (TPSA) is 72.9 Å². The molecule has 1 aliphatic rings. The van der Waals surface area contributed by atoms with Gasteiger partial charge in [-0.3, -0.25) is 9.59 Å². The first-order valence-corrected chi connectivity index (χ1v) is 10.4. The van der Waals surface area contributed by atoms with Gasteiger partial charge in [-0.1, -0.05) is 24.3 Å². The van der Waals surface area contributed by atoms with Crippen LogP contribution in [0.25, 0.3) is 0 Å². The van der Waals surface area contributed by atoms with Gasteiger partial charge in [0.25, 0.3) is 0 Å². The normalized spacial score (nSPS) is 20.8. The third kappa shape index (κ3) is 4.96. The molecule has 0 radical (unpaired) electrons. The molecule has 1 heterocycles. The SMILES string of the molecule is CCOC(=O)C[C@H]1c2ccccc2[C@H](CC(=O)OCC)N1S(=O)C(C)(C)C. The lowest BCUT2D eigenvalue weighted by molar-refractivity contribution is -0.144. The Morgan fingerprint density at radius 1 is 0.963 bits per heavy atom. The first-order chi connectivity index (χ1) is 12.7. The van der Waals surface area contributed by atoms with E-state index in [0.29, 0.717) is 13.2 Å². The average molecular weight is 396 g/mol. The average Bonchev–Trinajstić information content (AvgIpc) is 2.87. The van der Waals surface area contributed by atoms with E-state index in [0.717, 1.165) is 11.1 Å². The summed E-state index contributed by atoms with van der Waals surface area (Å²) >= 11 is 0. The molecule has 7 heteroatoms. The van der Waals surface area contributed by atoms with E-state index >= 15 is 0 Å². The van der Waals surface area contributed by atoms with Crippen LogP contribution < -0.4 is 0 Å². The molecule has 0 aromatic heterocycles. The van der Waals surface area contributed by atoms with Crippen LogP contribution in [0, 0.1) is 0 Å². The molecule has 0 amide bonds. The van der Waals surface area contributed by atoms with Gasteiger partial charge in [0.2, 0.25) is 0 Å². The monoisotopic (exact) mass is 395 g/mol. The van der Waals surface area contributed by atoms with E-state index in [1.807, 2.05) is 45.0 Å². The number of fused-ring (bicyclic) bond motifs is 1. The molecule has 3 atom stereocenters. The van der Waals surface area contributed by atoms with Crippen molar-refractivity contribution in [3.63, 3.8) is 0 Å². The van der Waals surface area contributed by atoms with Crippen molar-refractivity contribution in [1.82, 2.24) is 4.31 Å². The molecule has 0 spiro atoms. The summed E-state index contributed by atoms with van der Waals surface area (Å²) in [6, 6.07) is 6.83. The quantitative estimate of drug-likeness (QED) is 0.661. The highest BCUT2D eigenvalue weighted by Gasteiger charge is 2.46. The van der Waals surface area contributed by atoms with Crippen molar-refractivity contribution in [2.24, 2.45) is 0 Å². The van der Waals surface area contributed by atoms with Crippen LogP contribution in [0.1, 0.15) is 70.7 Å². The van der Waals surface area contributed by atoms with Crippen molar-refractivity contribution < 1.29 is 23.3 Å². The van der Waals surface area contributed by atoms with Gasteiger partial charge < -0.3 is 9.47 Å². The van der Waals surface area contributed by atoms with E-state index in [2.05, 4.69) is 0 Å². The fourth-order valence-electron chi connectivity index (χ4n) is 3.31. The van der Waals surface area contributed by atoms with Crippen LogP contribution in [0.2, 0.25) is 0 Å². The van der Waals surface area contributed by atoms with Crippen LogP contribution >= 0.6 is 0 Å². The molecule has 27 heavy (non-hydrogen) atoms. The molecule has 0 saturated heterocycles. The van der Waals surface area contributed by atoms with Crippen molar-refractivity contribution >= 4 is 22.9 Å². The summed E-state index contributed by atoms with van der Waals surface area (Å²) in [7, 11) is -1.42. The van der Waals surface area contributed by atoms with E-state index in [1.54, 1.807) is 18.2 Å². The number of carbonyl (C=O) groups is 2. The first kappa shape index (κ1) is 21.6. The van der Waals surface area contributed by atoms with Crippen LogP contribution in [0.3, 0.4) is 0 Å². The largest absolute Gasteiger partial charge is 0.466 e. The summed E-state index contributed by atoms with van der Waals surface area (Å²) in [6.45, 7) is 9.76. The second kappa shape index (κ2) is 8.97. The standard InChI is InChI=1S/C20H29NO5S/c1-6-25-18(22)12-16-14-10-8-9-11-15(14)17(13-19(23)26-7-2)21(16)27(24)20(3,4)5/h8-11,16-17H,6-7,12-13H2,1-5H3/t16-,17-,27?/m0/s1. The van der Waals surface area contributed by atoms with Crippen molar-refractivity contribution in [3.8, 4) is 0 Å². The zero-order valence-electron chi connectivity index (χ0n) is 16.7. The van der Waals surface area contributed by atoms with E-state index < -0.39 is 27.8 Å². The van der Waals surface area contributed by atoms with E-state index in [4.69, 9.17) is 9.47 Å². The van der Waals surface area contributed by atoms with E-state index in [1.165, 1.54) is 0 Å². The Balaban J connectivity index is 2.47. The summed E-state index contributed by atoms with van der Waals surface area (Å²) in [4.78, 5) is 24.4. The van der Waals surface area contributed by atoms with Gasteiger partial charge in [0.1, 0.15) is 11.0 Å². The van der Waals surface area contributed by atoms with Gasteiger partial charge in [-0.15, -0.1) is 0 Å². The minimum Gasteiger partial charge on any atom is -0.466 e. The zero-order valence-corrected chi connectivity index (χ0v) is 17.5. The molecule has 2 rings (SSSR count). The molecule has 1 unspecified atom stereocenters. The van der Waals surface area contributed by atoms with Gasteiger partial charge in [0, 0.05) is 0 Å². The lowest BCUT2D eigenvalue weighted by Gasteiger charge is -2.34. The van der Waals surface area contributed by atoms with Gasteiger partial charge >= 0.3 is 11.9 Å². The first-order valence-electron chi connectivity index (χ1n) is 9.31. The van der Waals surface area contributed by atoms with Crippen molar-refractivity contribution in [1.29, 1.82) is 0 Å². The lowest BCUT2D eigenvalue weighted by Crippen LogP contribution is -2.40. The van der Waals surface area contributed by atoms with Gasteiger partial charge in [-0.2, -0.15) is 0 Å². The Labute approximate surface area is 163 Å². The summed E-state index contributed by atoms with van der Waals surface area (Å²) in [6.07, 6.45) is 0.179. The maximum atomic E-state index is 13.4. The van der Waals surface area contributed by atoms with Gasteiger partial charge in [0.05, 0.1) is 42.9 Å². The van der Waals surface area contributed by atoms with Crippen molar-refractivity contribution in [2.45, 2.75) is 64.3 Å². The number of ether oxygens (including phenoxy) is 2. The second-order valence-electron chi connectivity index (χ2n) is 7.40. The number of hydrogen-bond donors (Lipinski definition) is 0. The molecule has 150 valence electrons. The summed E-state index contributed by atoms with van der Waals surface area (Å²) in [5.74, 6) is -0.685. The van der Waals surface area contributed by atoms with E-state index in [-0.39, 0.29) is 24.8 Å². The Hall–Kier alpha value is -1.73. The molecule has 6 nitrogen and oxygen atoms in total. The highest BCUT2D eigenvalue weighted by atomic mass is 32.2. The Morgan fingerprint density at radius 2 is 1.37 bits per heavy atom. The minimum atomic E-state index is -1.42. The molecule has 0 fully saturated rings. The molecule has 1 aliphatic heterocycles. The number of benzene rings is 1. The highest BCUT2D eigenvalue weighted by molar-refractivity contribution is 7.84. The maximum Gasteiger partial charge on any atom is 0.307 e. The molecule has 0 bridgehead atoms. The van der Waals surface area contributed by atoms with Gasteiger partial charge in [-0.25, -0.2) is 8.51 Å². The fourth-order valence-corrected chi connectivity index (χ4v) is 4.78. The van der Waals surface area contributed by atoms with E-state index in [9.17, 15) is 13.8 Å². The molecular formula is C20H29NO5S. The van der Waals surface area contributed by atoms with Crippen molar-refractivity contribution in [3.05, 3.63) is 35.4 Å². The summed E-state index contributed by atoms with van der Waals surface area (Å²) in [5, 5.41) is 0. The zero-order chi connectivity index (χ0) is 20.2. The fraction of sp³-hybridized carbons (Fsp3) is 0.600. The third-order valence-electron chi connectivity index (χ3n) is 4.37. The smallest absolute Gasteiger partial charge is 0.307 e. The molecular weight excluding hydrogens is 366 g/mol. The van der Waals surface area contributed by atoms with Crippen LogP contribution in [0.4, 0.5) is 0 Å². The lowest BCUT2D eigenvalue weighted by atomic mass is 9.99. The predicted molar refractivity (Wildman–Crippen MR) is 104 cm³/mol. The Morgan fingerprint density at radius 3 is 1.70 bits per heavy atom. The Kier molecular flexibility index (Phi) is 7.17. The molecule has 0 aliphatic carbocycles. The second-order valence-corrected chi connectivity index (χ2v) is 9.54. The molecule has 1 aromatic rings. The van der Waals surface area contributed by atoms with Gasteiger partial charge in [0.15, 0.2) is 0 Å². The highest BCUT2D eigenvalue weighted by Crippen LogP contribution is 2.48. The minimum absolute atomic E-state index is 0.0893.